The number of aliphatic imine (C=N–C) groups is 1. The summed E-state index contributed by atoms with van der Waals surface area (Å²) >= 11 is 0. The van der Waals surface area contributed by atoms with Gasteiger partial charge in [0, 0.05) is 5.56 Å². The van der Waals surface area contributed by atoms with Gasteiger partial charge in [-0.05, 0) is 55.8 Å². The summed E-state index contributed by atoms with van der Waals surface area (Å²) < 4.78 is 29.5. The van der Waals surface area contributed by atoms with Crippen molar-refractivity contribution in [3.05, 3.63) is 65.1 Å². The van der Waals surface area contributed by atoms with Gasteiger partial charge in [0.1, 0.15) is 5.82 Å². The number of benzene rings is 2. The Labute approximate surface area is 150 Å². The molecule has 2 aromatic carbocycles. The van der Waals surface area contributed by atoms with Gasteiger partial charge in [0.15, 0.2) is 17.2 Å². The number of cyclic esters (lactones) is 1. The van der Waals surface area contributed by atoms with Gasteiger partial charge in [-0.25, -0.2) is 14.2 Å². The molecule has 2 aromatic rings. The zero-order valence-corrected chi connectivity index (χ0v) is 14.7. The summed E-state index contributed by atoms with van der Waals surface area (Å²) in [5.74, 6) is 0.222. The minimum Gasteiger partial charge on any atom is -0.493 e. The molecule has 0 aliphatic carbocycles. The third-order valence-electron chi connectivity index (χ3n) is 3.55. The Morgan fingerprint density at radius 3 is 2.65 bits per heavy atom. The first-order valence-corrected chi connectivity index (χ1v) is 8.09. The van der Waals surface area contributed by atoms with Gasteiger partial charge in [0.2, 0.25) is 5.90 Å². The lowest BCUT2D eigenvalue weighted by atomic mass is 10.1. The molecule has 0 aromatic heterocycles. The third-order valence-corrected chi connectivity index (χ3v) is 3.55. The van der Waals surface area contributed by atoms with Crippen LogP contribution in [0.25, 0.3) is 6.08 Å². The molecule has 134 valence electrons. The van der Waals surface area contributed by atoms with E-state index >= 15 is 0 Å². The van der Waals surface area contributed by atoms with E-state index in [1.165, 1.54) is 18.2 Å². The minimum absolute atomic E-state index is 0.0270. The molecule has 1 heterocycles. The van der Waals surface area contributed by atoms with E-state index < -0.39 is 11.8 Å². The Bertz CT molecular complexity index is 902. The number of nitrogens with zero attached hydrogens (tertiary/aromatic N) is 1. The van der Waals surface area contributed by atoms with Crippen LogP contribution in [0, 0.1) is 5.82 Å². The summed E-state index contributed by atoms with van der Waals surface area (Å²) in [5.41, 5.74) is 1.24. The van der Waals surface area contributed by atoms with Crippen molar-refractivity contribution in [1.82, 2.24) is 0 Å². The second-order valence-corrected chi connectivity index (χ2v) is 5.92. The molecule has 0 radical (unpaired) electrons. The molecular weight excluding hydrogens is 337 g/mol. The van der Waals surface area contributed by atoms with E-state index in [2.05, 4.69) is 4.99 Å². The molecule has 0 N–H and O–H groups in total. The minimum atomic E-state index is -0.591. The smallest absolute Gasteiger partial charge is 0.363 e. The van der Waals surface area contributed by atoms with Crippen LogP contribution in [0.1, 0.15) is 25.0 Å². The molecule has 0 spiro atoms. The van der Waals surface area contributed by atoms with Crippen LogP contribution in [0.2, 0.25) is 0 Å². The third kappa shape index (κ3) is 3.91. The Balaban J connectivity index is 1.93. The summed E-state index contributed by atoms with van der Waals surface area (Å²) in [5, 5.41) is 0. The number of halogens is 1. The zero-order valence-electron chi connectivity index (χ0n) is 14.7. The summed E-state index contributed by atoms with van der Waals surface area (Å²) in [6.45, 7) is 3.82. The van der Waals surface area contributed by atoms with Crippen LogP contribution in [0.5, 0.6) is 11.5 Å². The zero-order chi connectivity index (χ0) is 18.7. The normalized spacial score (nSPS) is 15.2. The van der Waals surface area contributed by atoms with Crippen LogP contribution >= 0.6 is 0 Å². The highest BCUT2D eigenvalue weighted by Crippen LogP contribution is 2.30. The molecule has 0 atom stereocenters. The molecule has 0 amide bonds. The molecule has 0 fully saturated rings. The average molecular weight is 355 g/mol. The van der Waals surface area contributed by atoms with Crippen LogP contribution in [0.15, 0.2) is 53.2 Å². The molecule has 0 saturated heterocycles. The second-order valence-electron chi connectivity index (χ2n) is 5.92. The van der Waals surface area contributed by atoms with Crippen LogP contribution in [-0.4, -0.2) is 25.1 Å². The first-order chi connectivity index (χ1) is 12.5. The lowest BCUT2D eigenvalue weighted by Gasteiger charge is -2.13. The molecule has 0 saturated carbocycles. The topological polar surface area (TPSA) is 57.1 Å². The molecule has 1 aliphatic rings. The van der Waals surface area contributed by atoms with E-state index in [0.717, 1.165) is 0 Å². The van der Waals surface area contributed by atoms with Gasteiger partial charge >= 0.3 is 5.97 Å². The van der Waals surface area contributed by atoms with Crippen molar-refractivity contribution in [2.45, 2.75) is 20.0 Å². The van der Waals surface area contributed by atoms with Gasteiger partial charge in [0.05, 0.1) is 13.2 Å². The summed E-state index contributed by atoms with van der Waals surface area (Å²) in [4.78, 5) is 16.3. The molecule has 0 bridgehead atoms. The summed E-state index contributed by atoms with van der Waals surface area (Å²) in [6.07, 6.45) is 1.56. The molecule has 3 rings (SSSR count). The predicted octanol–water partition coefficient (Wildman–Crippen LogP) is 3.97. The fourth-order valence-corrected chi connectivity index (χ4v) is 2.44. The average Bonchev–Trinajstić information content (AvgIpc) is 2.95. The van der Waals surface area contributed by atoms with Crippen molar-refractivity contribution < 1.29 is 23.4 Å². The lowest BCUT2D eigenvalue weighted by molar-refractivity contribution is -0.129. The van der Waals surface area contributed by atoms with Crippen molar-refractivity contribution in [3.63, 3.8) is 0 Å². The maximum absolute atomic E-state index is 13.3. The van der Waals surface area contributed by atoms with E-state index in [1.807, 2.05) is 13.8 Å². The van der Waals surface area contributed by atoms with Gasteiger partial charge < -0.3 is 14.2 Å². The predicted molar refractivity (Wildman–Crippen MR) is 95.8 cm³/mol. The standard InChI is InChI=1S/C20H18FNO4/c1-12(2)25-18-10-13(7-8-17(18)24-3)9-16-20(23)26-19(22-16)14-5-4-6-15(21)11-14/h4-12H,1-3H3/b16-9-. The maximum atomic E-state index is 13.3. The van der Waals surface area contributed by atoms with E-state index in [-0.39, 0.29) is 17.7 Å². The number of methoxy groups -OCH3 is 1. The monoisotopic (exact) mass is 355 g/mol. The second kappa shape index (κ2) is 7.39. The molecule has 1 aliphatic heterocycles. The number of esters is 1. The van der Waals surface area contributed by atoms with Crippen molar-refractivity contribution >= 4 is 17.9 Å². The van der Waals surface area contributed by atoms with Gasteiger partial charge in [0.25, 0.3) is 0 Å². The number of hydrogen-bond donors (Lipinski definition) is 0. The van der Waals surface area contributed by atoms with Gasteiger partial charge in [-0.1, -0.05) is 12.1 Å². The SMILES string of the molecule is COc1ccc(/C=C2\N=C(c3cccc(F)c3)OC2=O)cc1OC(C)C. The molecule has 6 heteroatoms. The Kier molecular flexibility index (Phi) is 5.02. The Morgan fingerprint density at radius 1 is 1.15 bits per heavy atom. The van der Waals surface area contributed by atoms with Crippen LogP contribution in [0.3, 0.4) is 0 Å². The first kappa shape index (κ1) is 17.7. The van der Waals surface area contributed by atoms with Gasteiger partial charge in [-0.3, -0.25) is 0 Å². The van der Waals surface area contributed by atoms with Crippen LogP contribution in [-0.2, 0) is 9.53 Å². The quantitative estimate of drug-likeness (QED) is 0.602. The Morgan fingerprint density at radius 2 is 1.96 bits per heavy atom. The van der Waals surface area contributed by atoms with Gasteiger partial charge in [-0.15, -0.1) is 0 Å². The Hall–Kier alpha value is -3.15. The molecule has 0 unspecified atom stereocenters. The summed E-state index contributed by atoms with van der Waals surface area (Å²) in [6, 6.07) is 11.0. The number of rotatable bonds is 5. The first-order valence-electron chi connectivity index (χ1n) is 8.09. The van der Waals surface area contributed by atoms with Crippen molar-refractivity contribution in [1.29, 1.82) is 0 Å². The van der Waals surface area contributed by atoms with Crippen molar-refractivity contribution in [2.75, 3.05) is 7.11 Å². The lowest BCUT2D eigenvalue weighted by Crippen LogP contribution is -2.07. The number of carbonyl (C=O) groups is 1. The molecule has 26 heavy (non-hydrogen) atoms. The van der Waals surface area contributed by atoms with Crippen molar-refractivity contribution in [2.24, 2.45) is 4.99 Å². The van der Waals surface area contributed by atoms with E-state index in [1.54, 1.807) is 37.5 Å². The van der Waals surface area contributed by atoms with E-state index in [4.69, 9.17) is 14.2 Å². The fraction of sp³-hybridized carbons (Fsp3) is 0.200. The van der Waals surface area contributed by atoms with Crippen molar-refractivity contribution in [3.8, 4) is 11.5 Å². The highest BCUT2D eigenvalue weighted by atomic mass is 19.1. The fourth-order valence-electron chi connectivity index (χ4n) is 2.44. The number of hydrogen-bond acceptors (Lipinski definition) is 5. The van der Waals surface area contributed by atoms with Crippen LogP contribution < -0.4 is 9.47 Å². The van der Waals surface area contributed by atoms with Gasteiger partial charge in [-0.2, -0.15) is 0 Å². The highest BCUT2D eigenvalue weighted by molar-refractivity contribution is 6.12. The summed E-state index contributed by atoms with van der Waals surface area (Å²) in [7, 11) is 1.56. The number of ether oxygens (including phenoxy) is 3. The molecule has 5 nitrogen and oxygen atoms in total. The highest BCUT2D eigenvalue weighted by Gasteiger charge is 2.24. The van der Waals surface area contributed by atoms with Crippen LogP contribution in [0.4, 0.5) is 4.39 Å². The maximum Gasteiger partial charge on any atom is 0.363 e. The van der Waals surface area contributed by atoms with E-state index in [0.29, 0.717) is 22.6 Å². The number of carbonyl (C=O) groups excluding carboxylic acids is 1. The largest absolute Gasteiger partial charge is 0.493 e. The van der Waals surface area contributed by atoms with E-state index in [9.17, 15) is 9.18 Å². The molecular formula is C20H18FNO4.